The van der Waals surface area contributed by atoms with Crippen molar-refractivity contribution in [1.82, 2.24) is 10.3 Å². The van der Waals surface area contributed by atoms with E-state index in [1.165, 1.54) is 12.8 Å². The van der Waals surface area contributed by atoms with E-state index in [0.717, 1.165) is 29.7 Å². The fourth-order valence-electron chi connectivity index (χ4n) is 3.40. The van der Waals surface area contributed by atoms with Gasteiger partial charge in [0.15, 0.2) is 0 Å². The largest absolute Gasteiger partial charge is 0.372 e. The van der Waals surface area contributed by atoms with Crippen molar-refractivity contribution in [2.45, 2.75) is 19.4 Å². The third-order valence-electron chi connectivity index (χ3n) is 4.87. The summed E-state index contributed by atoms with van der Waals surface area (Å²) in [5.41, 5.74) is 2.93. The molecule has 0 atom stereocenters. The second-order valence-electron chi connectivity index (χ2n) is 6.63. The van der Waals surface area contributed by atoms with Crippen LogP contribution in [0.15, 0.2) is 59.4 Å². The Hall–Kier alpha value is -3.08. The van der Waals surface area contributed by atoms with Crippen molar-refractivity contribution >= 4 is 22.5 Å². The van der Waals surface area contributed by atoms with Crippen molar-refractivity contribution in [3.63, 3.8) is 0 Å². The fraction of sp³-hybridized carbons (Fsp3) is 0.238. The van der Waals surface area contributed by atoms with Gasteiger partial charge in [-0.3, -0.25) is 9.59 Å². The SMILES string of the molecule is O=C(NCc1cc2ccccc2[nH]c1=O)c1ccc(N2CCCC2)cc1. The van der Waals surface area contributed by atoms with Crippen LogP contribution < -0.4 is 15.8 Å². The number of carbonyl (C=O) groups is 1. The van der Waals surface area contributed by atoms with Crippen LogP contribution in [0.3, 0.4) is 0 Å². The van der Waals surface area contributed by atoms with E-state index in [0.29, 0.717) is 11.1 Å². The Morgan fingerprint density at radius 3 is 2.54 bits per heavy atom. The molecule has 1 aromatic heterocycles. The van der Waals surface area contributed by atoms with Crippen molar-refractivity contribution in [1.29, 1.82) is 0 Å². The summed E-state index contributed by atoms with van der Waals surface area (Å²) in [6, 6.07) is 17.1. The van der Waals surface area contributed by atoms with E-state index >= 15 is 0 Å². The molecule has 1 aliphatic heterocycles. The first kappa shape index (κ1) is 16.4. The van der Waals surface area contributed by atoms with Crippen LogP contribution in [-0.2, 0) is 6.54 Å². The molecular formula is C21H21N3O2. The van der Waals surface area contributed by atoms with Gasteiger partial charge in [-0.25, -0.2) is 0 Å². The van der Waals surface area contributed by atoms with Gasteiger partial charge in [0.2, 0.25) is 0 Å². The Balaban J connectivity index is 1.45. The van der Waals surface area contributed by atoms with Crippen LogP contribution in [0.2, 0.25) is 0 Å². The molecule has 0 spiro atoms. The van der Waals surface area contributed by atoms with Gasteiger partial charge in [0, 0.05) is 42.0 Å². The van der Waals surface area contributed by atoms with E-state index in [-0.39, 0.29) is 18.0 Å². The number of hydrogen-bond donors (Lipinski definition) is 2. The molecule has 1 saturated heterocycles. The molecule has 0 saturated carbocycles. The quantitative estimate of drug-likeness (QED) is 0.762. The molecule has 3 aromatic rings. The molecule has 5 nitrogen and oxygen atoms in total. The lowest BCUT2D eigenvalue weighted by Crippen LogP contribution is -2.26. The van der Waals surface area contributed by atoms with E-state index in [1.54, 1.807) is 0 Å². The summed E-state index contributed by atoms with van der Waals surface area (Å²) < 4.78 is 0. The second-order valence-corrected chi connectivity index (χ2v) is 6.63. The number of nitrogens with zero attached hydrogens (tertiary/aromatic N) is 1. The summed E-state index contributed by atoms with van der Waals surface area (Å²) in [7, 11) is 0. The predicted octanol–water partition coefficient (Wildman–Crippen LogP) is 3.06. The summed E-state index contributed by atoms with van der Waals surface area (Å²) in [6.07, 6.45) is 2.45. The second kappa shape index (κ2) is 7.04. The molecule has 0 aliphatic carbocycles. The molecule has 5 heteroatoms. The number of rotatable bonds is 4. The topological polar surface area (TPSA) is 65.2 Å². The van der Waals surface area contributed by atoms with E-state index in [9.17, 15) is 9.59 Å². The Kier molecular flexibility index (Phi) is 4.44. The smallest absolute Gasteiger partial charge is 0.253 e. The number of anilines is 1. The zero-order chi connectivity index (χ0) is 17.9. The van der Waals surface area contributed by atoms with Crippen LogP contribution in [0.5, 0.6) is 0 Å². The maximum atomic E-state index is 12.4. The maximum Gasteiger partial charge on any atom is 0.253 e. The highest BCUT2D eigenvalue weighted by Crippen LogP contribution is 2.20. The Morgan fingerprint density at radius 2 is 1.77 bits per heavy atom. The van der Waals surface area contributed by atoms with Crippen molar-refractivity contribution in [2.75, 3.05) is 18.0 Å². The summed E-state index contributed by atoms with van der Waals surface area (Å²) >= 11 is 0. The summed E-state index contributed by atoms with van der Waals surface area (Å²) in [6.45, 7) is 2.36. The van der Waals surface area contributed by atoms with Gasteiger partial charge in [-0.1, -0.05) is 18.2 Å². The van der Waals surface area contributed by atoms with Crippen LogP contribution in [0, 0.1) is 0 Å². The van der Waals surface area contributed by atoms with Crippen molar-refractivity contribution in [2.24, 2.45) is 0 Å². The predicted molar refractivity (Wildman–Crippen MR) is 104 cm³/mol. The minimum absolute atomic E-state index is 0.173. The van der Waals surface area contributed by atoms with E-state index in [2.05, 4.69) is 15.2 Å². The molecule has 0 unspecified atom stereocenters. The molecule has 4 rings (SSSR count). The number of amides is 1. The minimum Gasteiger partial charge on any atom is -0.372 e. The molecule has 2 N–H and O–H groups in total. The monoisotopic (exact) mass is 347 g/mol. The first-order valence-electron chi connectivity index (χ1n) is 8.95. The average molecular weight is 347 g/mol. The average Bonchev–Trinajstić information content (AvgIpc) is 3.21. The zero-order valence-corrected chi connectivity index (χ0v) is 14.5. The van der Waals surface area contributed by atoms with Gasteiger partial charge in [-0.05, 0) is 54.6 Å². The van der Waals surface area contributed by atoms with Gasteiger partial charge < -0.3 is 15.2 Å². The highest BCUT2D eigenvalue weighted by atomic mass is 16.1. The molecule has 26 heavy (non-hydrogen) atoms. The first-order valence-corrected chi connectivity index (χ1v) is 8.95. The van der Waals surface area contributed by atoms with Crippen molar-refractivity contribution < 1.29 is 4.79 Å². The lowest BCUT2D eigenvalue weighted by atomic mass is 10.1. The van der Waals surface area contributed by atoms with E-state index < -0.39 is 0 Å². The highest BCUT2D eigenvalue weighted by molar-refractivity contribution is 5.94. The third kappa shape index (κ3) is 3.33. The van der Waals surface area contributed by atoms with E-state index in [4.69, 9.17) is 0 Å². The normalized spacial score (nSPS) is 13.9. The fourth-order valence-corrected chi connectivity index (χ4v) is 3.40. The molecule has 132 valence electrons. The number of hydrogen-bond acceptors (Lipinski definition) is 3. The number of aromatic amines is 1. The molecule has 1 aliphatic rings. The number of para-hydroxylation sites is 1. The number of nitrogens with one attached hydrogen (secondary N) is 2. The summed E-state index contributed by atoms with van der Waals surface area (Å²) in [5, 5.41) is 3.79. The summed E-state index contributed by atoms with van der Waals surface area (Å²) in [4.78, 5) is 29.7. The Bertz CT molecular complexity index is 986. The standard InChI is InChI=1S/C21H21N3O2/c25-20(15-7-9-18(10-8-15)24-11-3-4-12-24)22-14-17-13-16-5-1-2-6-19(16)23-21(17)26/h1-2,5-10,13H,3-4,11-12,14H2,(H,22,25)(H,23,26). The van der Waals surface area contributed by atoms with E-state index in [1.807, 2.05) is 54.6 Å². The Labute approximate surface area is 151 Å². The molecule has 0 bridgehead atoms. The minimum atomic E-state index is -0.175. The molecule has 0 radical (unpaired) electrons. The van der Waals surface area contributed by atoms with Gasteiger partial charge in [0.25, 0.3) is 11.5 Å². The Morgan fingerprint density at radius 1 is 1.04 bits per heavy atom. The highest BCUT2D eigenvalue weighted by Gasteiger charge is 2.13. The van der Waals surface area contributed by atoms with Gasteiger partial charge in [0.05, 0.1) is 0 Å². The maximum absolute atomic E-state index is 12.4. The van der Waals surface area contributed by atoms with Crippen LogP contribution in [0.25, 0.3) is 10.9 Å². The zero-order valence-electron chi connectivity index (χ0n) is 14.5. The molecular weight excluding hydrogens is 326 g/mol. The molecule has 2 heterocycles. The van der Waals surface area contributed by atoms with Crippen LogP contribution >= 0.6 is 0 Å². The van der Waals surface area contributed by atoms with Crippen LogP contribution in [0.4, 0.5) is 5.69 Å². The van der Waals surface area contributed by atoms with Gasteiger partial charge in [-0.2, -0.15) is 0 Å². The molecule has 1 amide bonds. The van der Waals surface area contributed by atoms with Gasteiger partial charge in [-0.15, -0.1) is 0 Å². The third-order valence-corrected chi connectivity index (χ3v) is 4.87. The van der Waals surface area contributed by atoms with Crippen LogP contribution in [-0.4, -0.2) is 24.0 Å². The number of fused-ring (bicyclic) bond motifs is 1. The van der Waals surface area contributed by atoms with Crippen molar-refractivity contribution in [3.8, 4) is 0 Å². The molecule has 2 aromatic carbocycles. The first-order chi connectivity index (χ1) is 12.7. The number of pyridine rings is 1. The van der Waals surface area contributed by atoms with Crippen LogP contribution in [0.1, 0.15) is 28.8 Å². The number of H-pyrrole nitrogens is 1. The van der Waals surface area contributed by atoms with Crippen molar-refractivity contribution in [3.05, 3.63) is 76.1 Å². The lowest BCUT2D eigenvalue weighted by Gasteiger charge is -2.17. The lowest BCUT2D eigenvalue weighted by molar-refractivity contribution is 0.0951. The number of benzene rings is 2. The summed E-state index contributed by atoms with van der Waals surface area (Å²) in [5.74, 6) is -0.175. The number of aromatic nitrogens is 1. The van der Waals surface area contributed by atoms with Gasteiger partial charge in [0.1, 0.15) is 0 Å². The molecule has 1 fully saturated rings. The van der Waals surface area contributed by atoms with Gasteiger partial charge >= 0.3 is 0 Å². The number of carbonyl (C=O) groups excluding carboxylic acids is 1.